The van der Waals surface area contributed by atoms with E-state index in [1.54, 1.807) is 6.07 Å². The first-order chi connectivity index (χ1) is 10.9. The number of phenols is 1. The Morgan fingerprint density at radius 3 is 2.52 bits per heavy atom. The van der Waals surface area contributed by atoms with Crippen LogP contribution in [0.2, 0.25) is 0 Å². The Kier molecular flexibility index (Phi) is 3.72. The van der Waals surface area contributed by atoms with E-state index in [-0.39, 0.29) is 17.1 Å². The fraction of sp³-hybridized carbons (Fsp3) is 0.167. The van der Waals surface area contributed by atoms with Gasteiger partial charge in [-0.15, -0.1) is 0 Å². The van der Waals surface area contributed by atoms with Crippen LogP contribution < -0.4 is 0 Å². The first-order valence-electron chi connectivity index (χ1n) is 7.09. The monoisotopic (exact) mass is 318 g/mol. The Labute approximate surface area is 130 Å². The number of allylic oxidation sites excluding steroid dienone is 1. The van der Waals surface area contributed by atoms with E-state index in [4.69, 9.17) is 0 Å². The molecule has 5 heteroatoms. The molecular weight excluding hydrogens is 305 g/mol. The molecule has 2 nitrogen and oxygen atoms in total. The van der Waals surface area contributed by atoms with Crippen molar-refractivity contribution >= 4 is 11.9 Å². The summed E-state index contributed by atoms with van der Waals surface area (Å²) >= 11 is 0. The van der Waals surface area contributed by atoms with Gasteiger partial charge in [-0.1, -0.05) is 24.3 Å². The summed E-state index contributed by atoms with van der Waals surface area (Å²) in [4.78, 5) is 12.5. The molecule has 1 aliphatic rings. The third-order valence-electron chi connectivity index (χ3n) is 3.89. The molecular formula is C18H13F3O2. The van der Waals surface area contributed by atoms with E-state index in [1.807, 2.05) is 0 Å². The lowest BCUT2D eigenvalue weighted by atomic mass is 9.85. The molecule has 0 unspecified atom stereocenters. The molecule has 1 N–H and O–H groups in total. The summed E-state index contributed by atoms with van der Waals surface area (Å²) in [7, 11) is 0. The second-order valence-corrected chi connectivity index (χ2v) is 5.43. The summed E-state index contributed by atoms with van der Waals surface area (Å²) in [6, 6.07) is 9.71. The minimum Gasteiger partial charge on any atom is -0.508 e. The van der Waals surface area contributed by atoms with Crippen molar-refractivity contribution in [3.63, 3.8) is 0 Å². The zero-order chi connectivity index (χ0) is 16.6. The number of ketones is 1. The Bertz CT molecular complexity index is 804. The number of Topliss-reactive ketones (excluding diaryl/α,β-unsaturated/α-hetero) is 1. The number of hydrogen-bond acceptors (Lipinski definition) is 2. The minimum absolute atomic E-state index is 0.0213. The summed E-state index contributed by atoms with van der Waals surface area (Å²) < 4.78 is 39.1. The lowest BCUT2D eigenvalue weighted by Gasteiger charge is -2.18. The number of fused-ring (bicyclic) bond motifs is 1. The van der Waals surface area contributed by atoms with Crippen molar-refractivity contribution in [2.75, 3.05) is 0 Å². The van der Waals surface area contributed by atoms with Crippen LogP contribution in [0.5, 0.6) is 5.75 Å². The fourth-order valence-corrected chi connectivity index (χ4v) is 2.76. The molecule has 1 aliphatic carbocycles. The number of alkyl halides is 3. The smallest absolute Gasteiger partial charge is 0.416 e. The van der Waals surface area contributed by atoms with Crippen molar-refractivity contribution in [1.82, 2.24) is 0 Å². The van der Waals surface area contributed by atoms with Gasteiger partial charge in [0.15, 0.2) is 5.78 Å². The van der Waals surface area contributed by atoms with Crippen LogP contribution in [0.4, 0.5) is 13.2 Å². The quantitative estimate of drug-likeness (QED) is 0.779. The van der Waals surface area contributed by atoms with E-state index >= 15 is 0 Å². The van der Waals surface area contributed by atoms with Gasteiger partial charge in [-0.3, -0.25) is 4.79 Å². The summed E-state index contributed by atoms with van der Waals surface area (Å²) in [6.45, 7) is 0. The average Bonchev–Trinajstić information content (AvgIpc) is 2.50. The van der Waals surface area contributed by atoms with Gasteiger partial charge in [-0.25, -0.2) is 0 Å². The number of aryl methyl sites for hydroxylation is 1. The second-order valence-electron chi connectivity index (χ2n) is 5.43. The van der Waals surface area contributed by atoms with Crippen LogP contribution in [-0.2, 0) is 12.6 Å². The molecule has 0 spiro atoms. The van der Waals surface area contributed by atoms with Gasteiger partial charge in [-0.05, 0) is 48.2 Å². The minimum atomic E-state index is -4.47. The van der Waals surface area contributed by atoms with Gasteiger partial charge < -0.3 is 5.11 Å². The zero-order valence-electron chi connectivity index (χ0n) is 12.0. The number of phenolic OH excluding ortho intramolecular Hbond substituents is 1. The Morgan fingerprint density at radius 2 is 1.78 bits per heavy atom. The third kappa shape index (κ3) is 2.99. The highest BCUT2D eigenvalue weighted by molar-refractivity contribution is 6.13. The second kappa shape index (κ2) is 5.57. The molecule has 0 amide bonds. The van der Waals surface area contributed by atoms with Gasteiger partial charge in [-0.2, -0.15) is 13.2 Å². The van der Waals surface area contributed by atoms with E-state index in [0.717, 1.165) is 11.6 Å². The highest BCUT2D eigenvalue weighted by Gasteiger charge is 2.33. The summed E-state index contributed by atoms with van der Waals surface area (Å²) in [5.41, 5.74) is 0.690. The van der Waals surface area contributed by atoms with Gasteiger partial charge in [0.1, 0.15) is 5.75 Å². The first kappa shape index (κ1) is 15.3. The van der Waals surface area contributed by atoms with Gasteiger partial charge in [0.25, 0.3) is 0 Å². The molecule has 3 rings (SSSR count). The van der Waals surface area contributed by atoms with E-state index in [0.29, 0.717) is 24.0 Å². The van der Waals surface area contributed by atoms with Crippen molar-refractivity contribution in [3.8, 4) is 5.75 Å². The lowest BCUT2D eigenvalue weighted by molar-refractivity contribution is -0.137. The lowest BCUT2D eigenvalue weighted by Crippen LogP contribution is -2.14. The summed E-state index contributed by atoms with van der Waals surface area (Å²) in [5, 5.41) is 9.51. The summed E-state index contributed by atoms with van der Waals surface area (Å²) in [5.74, 6) is -0.367. The third-order valence-corrected chi connectivity index (χ3v) is 3.89. The SMILES string of the molecule is O=C1/C(=C/c2ccccc2C(F)(F)F)CCc2ccc(O)cc21. The van der Waals surface area contributed by atoms with E-state index in [1.165, 1.54) is 36.4 Å². The van der Waals surface area contributed by atoms with Gasteiger partial charge in [0.05, 0.1) is 5.56 Å². The molecule has 0 saturated heterocycles. The van der Waals surface area contributed by atoms with Crippen LogP contribution in [0.3, 0.4) is 0 Å². The maximum Gasteiger partial charge on any atom is 0.416 e. The van der Waals surface area contributed by atoms with Crippen LogP contribution in [0.15, 0.2) is 48.0 Å². The average molecular weight is 318 g/mol. The molecule has 0 radical (unpaired) electrons. The van der Waals surface area contributed by atoms with E-state index < -0.39 is 11.7 Å². The molecule has 118 valence electrons. The molecule has 23 heavy (non-hydrogen) atoms. The standard InChI is InChI=1S/C18H13F3O2/c19-18(20,21)16-4-2-1-3-12(16)9-13-6-5-11-7-8-14(22)10-15(11)17(13)23/h1-4,7-10,22H,5-6H2/b13-9+. The van der Waals surface area contributed by atoms with Gasteiger partial charge >= 0.3 is 6.18 Å². The molecule has 0 heterocycles. The number of aromatic hydroxyl groups is 1. The van der Waals surface area contributed by atoms with Crippen molar-refractivity contribution in [1.29, 1.82) is 0 Å². The molecule has 2 aromatic carbocycles. The van der Waals surface area contributed by atoms with Gasteiger partial charge in [0, 0.05) is 11.1 Å². The Balaban J connectivity index is 2.04. The molecule has 0 fully saturated rings. The van der Waals surface area contributed by atoms with Crippen molar-refractivity contribution in [2.45, 2.75) is 19.0 Å². The van der Waals surface area contributed by atoms with Crippen LogP contribution in [0.25, 0.3) is 6.08 Å². The number of halogens is 3. The largest absolute Gasteiger partial charge is 0.508 e. The van der Waals surface area contributed by atoms with Crippen LogP contribution in [-0.4, -0.2) is 10.9 Å². The molecule has 2 aromatic rings. The molecule has 0 saturated carbocycles. The highest BCUT2D eigenvalue weighted by Crippen LogP contribution is 2.34. The molecule has 0 aliphatic heterocycles. The number of carbonyl (C=O) groups is 1. The summed E-state index contributed by atoms with van der Waals surface area (Å²) in [6.07, 6.45) is -2.23. The molecule has 0 bridgehead atoms. The number of carbonyl (C=O) groups excluding carboxylic acids is 1. The van der Waals surface area contributed by atoms with Crippen molar-refractivity contribution in [2.24, 2.45) is 0 Å². The fourth-order valence-electron chi connectivity index (χ4n) is 2.76. The predicted octanol–water partition coefficient (Wildman–Crippen LogP) is 4.62. The Morgan fingerprint density at radius 1 is 1.04 bits per heavy atom. The molecule has 0 aromatic heterocycles. The van der Waals surface area contributed by atoms with Crippen LogP contribution in [0.1, 0.15) is 33.5 Å². The molecule has 0 atom stereocenters. The maximum absolute atomic E-state index is 13.0. The first-order valence-corrected chi connectivity index (χ1v) is 7.09. The number of hydrogen-bond donors (Lipinski definition) is 1. The van der Waals surface area contributed by atoms with Crippen molar-refractivity contribution < 1.29 is 23.1 Å². The zero-order valence-corrected chi connectivity index (χ0v) is 12.0. The van der Waals surface area contributed by atoms with Crippen LogP contribution >= 0.6 is 0 Å². The predicted molar refractivity (Wildman–Crippen MR) is 80.2 cm³/mol. The van der Waals surface area contributed by atoms with Gasteiger partial charge in [0.2, 0.25) is 0 Å². The number of rotatable bonds is 1. The highest BCUT2D eigenvalue weighted by atomic mass is 19.4. The Hall–Kier alpha value is -2.56. The maximum atomic E-state index is 13.0. The number of benzene rings is 2. The normalized spacial score (nSPS) is 16.5. The van der Waals surface area contributed by atoms with E-state index in [9.17, 15) is 23.1 Å². The van der Waals surface area contributed by atoms with E-state index in [2.05, 4.69) is 0 Å². The van der Waals surface area contributed by atoms with Crippen molar-refractivity contribution in [3.05, 3.63) is 70.3 Å². The van der Waals surface area contributed by atoms with Crippen LogP contribution in [0, 0.1) is 0 Å². The topological polar surface area (TPSA) is 37.3 Å².